The fraction of sp³-hybridized carbons (Fsp3) is 0.429. The van der Waals surface area contributed by atoms with E-state index in [1.807, 2.05) is 4.90 Å². The number of rotatable bonds is 6. The zero-order valence-corrected chi connectivity index (χ0v) is 18.4. The summed E-state index contributed by atoms with van der Waals surface area (Å²) in [6.45, 7) is 0.745. The normalized spacial score (nSPS) is 18.7. The largest absolute Gasteiger partial charge is 0.467 e. The zero-order valence-electron chi connectivity index (χ0n) is 17.6. The maximum atomic E-state index is 13.3. The van der Waals surface area contributed by atoms with Gasteiger partial charge in [0, 0.05) is 20.6 Å². The molecule has 0 bridgehead atoms. The van der Waals surface area contributed by atoms with Crippen molar-refractivity contribution in [1.82, 2.24) is 9.62 Å². The lowest BCUT2D eigenvalue weighted by Gasteiger charge is -2.45. The van der Waals surface area contributed by atoms with Crippen molar-refractivity contribution >= 4 is 33.2 Å². The van der Waals surface area contributed by atoms with Crippen LogP contribution in [-0.2, 0) is 26.2 Å². The number of carbonyl (C=O) groups excluding carboxylic acids is 2. The monoisotopic (exact) mass is 446 g/mol. The van der Waals surface area contributed by atoms with Gasteiger partial charge in [0.15, 0.2) is 0 Å². The molecule has 1 aromatic heterocycles. The van der Waals surface area contributed by atoms with Crippen LogP contribution >= 0.6 is 0 Å². The van der Waals surface area contributed by atoms with Crippen LogP contribution in [0.2, 0.25) is 0 Å². The summed E-state index contributed by atoms with van der Waals surface area (Å²) in [6, 6.07) is 7.94. The van der Waals surface area contributed by atoms with Gasteiger partial charge in [-0.25, -0.2) is 12.7 Å². The van der Waals surface area contributed by atoms with E-state index < -0.39 is 10.0 Å². The molecule has 10 heteroatoms. The molecule has 0 radical (unpaired) electrons. The van der Waals surface area contributed by atoms with Crippen LogP contribution in [0.5, 0.6) is 0 Å². The molecule has 9 nitrogen and oxygen atoms in total. The van der Waals surface area contributed by atoms with E-state index in [-0.39, 0.29) is 35.8 Å². The van der Waals surface area contributed by atoms with Gasteiger partial charge in [0.25, 0.3) is 0 Å². The van der Waals surface area contributed by atoms with Gasteiger partial charge in [-0.3, -0.25) is 14.5 Å². The van der Waals surface area contributed by atoms with E-state index in [0.29, 0.717) is 17.9 Å². The number of nitrogens with zero attached hydrogens (tertiary/aromatic N) is 3. The summed E-state index contributed by atoms with van der Waals surface area (Å²) in [5.74, 6) is 0.0807. The Balaban J connectivity index is 1.67. The van der Waals surface area contributed by atoms with Crippen LogP contribution in [0.25, 0.3) is 0 Å². The van der Waals surface area contributed by atoms with Gasteiger partial charge >= 0.3 is 0 Å². The van der Waals surface area contributed by atoms with Crippen molar-refractivity contribution in [1.29, 1.82) is 0 Å². The first kappa shape index (κ1) is 21.4. The van der Waals surface area contributed by atoms with Crippen LogP contribution in [-0.4, -0.2) is 57.8 Å². The van der Waals surface area contributed by atoms with E-state index in [1.165, 1.54) is 31.3 Å². The average molecular weight is 447 g/mol. The third-order valence-electron chi connectivity index (χ3n) is 5.72. The van der Waals surface area contributed by atoms with Crippen LogP contribution in [0.4, 0.5) is 11.4 Å². The number of fused-ring (bicyclic) bond motifs is 3. The Morgan fingerprint density at radius 1 is 1.23 bits per heavy atom. The molecule has 2 aliphatic rings. The number of furan rings is 1. The predicted molar refractivity (Wildman–Crippen MR) is 115 cm³/mol. The molecule has 1 aromatic carbocycles. The number of sulfonamides is 1. The topological polar surface area (TPSA) is 103 Å². The Morgan fingerprint density at radius 3 is 2.74 bits per heavy atom. The summed E-state index contributed by atoms with van der Waals surface area (Å²) in [7, 11) is -0.767. The second-order valence-electron chi connectivity index (χ2n) is 7.92. The zero-order chi connectivity index (χ0) is 22.2. The van der Waals surface area contributed by atoms with Crippen LogP contribution < -0.4 is 15.1 Å². The Bertz CT molecular complexity index is 1080. The number of benzene rings is 1. The highest BCUT2D eigenvalue weighted by Gasteiger charge is 2.40. The first-order chi connectivity index (χ1) is 14.8. The van der Waals surface area contributed by atoms with Crippen molar-refractivity contribution in [2.75, 3.05) is 37.0 Å². The minimum atomic E-state index is -3.68. The molecule has 1 fully saturated rings. The van der Waals surface area contributed by atoms with Crippen LogP contribution in [0.3, 0.4) is 0 Å². The van der Waals surface area contributed by atoms with Crippen LogP contribution in [0.15, 0.2) is 45.9 Å². The minimum Gasteiger partial charge on any atom is -0.467 e. The van der Waals surface area contributed by atoms with Crippen LogP contribution in [0.1, 0.15) is 25.0 Å². The molecule has 1 atom stereocenters. The highest BCUT2D eigenvalue weighted by molar-refractivity contribution is 7.89. The number of hydrogen-bond donors (Lipinski definition) is 1. The fourth-order valence-corrected chi connectivity index (χ4v) is 4.99. The number of hydrogen-bond acceptors (Lipinski definition) is 6. The van der Waals surface area contributed by atoms with Crippen molar-refractivity contribution in [3.05, 3.63) is 42.4 Å². The first-order valence-electron chi connectivity index (χ1n) is 10.2. The number of amides is 2. The Kier molecular flexibility index (Phi) is 5.76. The van der Waals surface area contributed by atoms with Gasteiger partial charge in [-0.15, -0.1) is 0 Å². The second-order valence-corrected chi connectivity index (χ2v) is 10.1. The van der Waals surface area contributed by atoms with Crippen LogP contribution in [0, 0.1) is 0 Å². The third kappa shape index (κ3) is 4.05. The molecule has 2 aromatic rings. The summed E-state index contributed by atoms with van der Waals surface area (Å²) >= 11 is 0. The highest BCUT2D eigenvalue weighted by Crippen LogP contribution is 2.40. The lowest BCUT2D eigenvalue weighted by molar-refractivity contribution is -0.125. The van der Waals surface area contributed by atoms with Crippen molar-refractivity contribution in [3.63, 3.8) is 0 Å². The molecule has 31 heavy (non-hydrogen) atoms. The number of piperidine rings is 1. The Hall–Kier alpha value is -2.85. The lowest BCUT2D eigenvalue weighted by Crippen LogP contribution is -2.57. The van der Waals surface area contributed by atoms with E-state index >= 15 is 0 Å². The van der Waals surface area contributed by atoms with Crippen molar-refractivity contribution in [2.24, 2.45) is 0 Å². The molecular weight excluding hydrogens is 420 g/mol. The highest BCUT2D eigenvalue weighted by atomic mass is 32.2. The molecule has 0 aliphatic carbocycles. The molecule has 1 saturated heterocycles. The lowest BCUT2D eigenvalue weighted by atomic mass is 9.96. The summed E-state index contributed by atoms with van der Waals surface area (Å²) in [4.78, 5) is 29.5. The standard InChI is InChI=1S/C21H26N4O5S/c1-23(2)31(28,29)16-8-9-17-19(12-16)25(21(27)18-7-3-4-10-24(17)18)14-20(26)22-13-15-6-5-11-30-15/h5-6,8-9,11-12,18H,3-4,7,10,13-14H2,1-2H3,(H,22,26)/t18-/m1/s1. The maximum Gasteiger partial charge on any atom is 0.250 e. The third-order valence-corrected chi connectivity index (χ3v) is 7.53. The SMILES string of the molecule is CN(C)S(=O)(=O)c1ccc2c(c1)N(CC(=O)NCc1ccco1)C(=O)[C@H]1CCCCN21. The molecule has 2 amide bonds. The van der Waals surface area contributed by atoms with Gasteiger partial charge in [-0.1, -0.05) is 0 Å². The van der Waals surface area contributed by atoms with Crippen molar-refractivity contribution < 1.29 is 22.4 Å². The predicted octanol–water partition coefficient (Wildman–Crippen LogP) is 1.55. The molecule has 0 spiro atoms. The van der Waals surface area contributed by atoms with E-state index in [2.05, 4.69) is 5.32 Å². The smallest absolute Gasteiger partial charge is 0.250 e. The van der Waals surface area contributed by atoms with Crippen molar-refractivity contribution in [2.45, 2.75) is 36.7 Å². The Labute approximate surface area is 181 Å². The molecule has 166 valence electrons. The van der Waals surface area contributed by atoms with E-state index in [0.717, 1.165) is 29.4 Å². The van der Waals surface area contributed by atoms with Gasteiger partial charge in [-0.2, -0.15) is 0 Å². The van der Waals surface area contributed by atoms with Gasteiger partial charge in [0.05, 0.1) is 29.1 Å². The van der Waals surface area contributed by atoms with E-state index in [1.54, 1.807) is 24.3 Å². The molecular formula is C21H26N4O5S. The molecule has 0 unspecified atom stereocenters. The van der Waals surface area contributed by atoms with E-state index in [4.69, 9.17) is 4.42 Å². The minimum absolute atomic E-state index is 0.0838. The van der Waals surface area contributed by atoms with Gasteiger partial charge in [-0.05, 0) is 49.6 Å². The van der Waals surface area contributed by atoms with E-state index in [9.17, 15) is 18.0 Å². The first-order valence-corrected chi connectivity index (χ1v) is 11.7. The quantitative estimate of drug-likeness (QED) is 0.722. The summed E-state index contributed by atoms with van der Waals surface area (Å²) < 4.78 is 31.7. The Morgan fingerprint density at radius 2 is 2.03 bits per heavy atom. The molecule has 1 N–H and O–H groups in total. The fourth-order valence-electron chi connectivity index (χ4n) is 4.07. The van der Waals surface area contributed by atoms with Gasteiger partial charge < -0.3 is 14.6 Å². The summed E-state index contributed by atoms with van der Waals surface area (Å²) in [6.07, 6.45) is 4.13. The molecule has 4 rings (SSSR count). The number of anilines is 2. The van der Waals surface area contributed by atoms with Gasteiger partial charge in [0.2, 0.25) is 21.8 Å². The van der Waals surface area contributed by atoms with Gasteiger partial charge in [0.1, 0.15) is 18.3 Å². The molecule has 0 saturated carbocycles. The second kappa shape index (κ2) is 8.35. The maximum absolute atomic E-state index is 13.3. The average Bonchev–Trinajstić information content (AvgIpc) is 3.28. The summed E-state index contributed by atoms with van der Waals surface area (Å²) in [5, 5.41) is 2.75. The number of carbonyl (C=O) groups is 2. The molecule has 2 aliphatic heterocycles. The van der Waals surface area contributed by atoms with Crippen molar-refractivity contribution in [3.8, 4) is 0 Å². The number of nitrogens with one attached hydrogen (secondary N) is 1. The summed E-state index contributed by atoms with van der Waals surface area (Å²) in [5.41, 5.74) is 1.22. The molecule has 3 heterocycles.